The van der Waals surface area contributed by atoms with Gasteiger partial charge in [0.1, 0.15) is 5.88 Å². The Morgan fingerprint density at radius 3 is 2.84 bits per heavy atom. The average Bonchev–Trinajstić information content (AvgIpc) is 2.42. The van der Waals surface area contributed by atoms with Gasteiger partial charge in [-0.3, -0.25) is 4.79 Å². The van der Waals surface area contributed by atoms with Gasteiger partial charge in [0.25, 0.3) is 0 Å². The molecule has 1 saturated carbocycles. The van der Waals surface area contributed by atoms with Gasteiger partial charge in [0.15, 0.2) is 0 Å². The molecule has 1 aliphatic carbocycles. The highest BCUT2D eigenvalue weighted by atomic mass is 35.5. The molecular weight excluding hydrogens is 262 g/mol. The van der Waals surface area contributed by atoms with Crippen LogP contribution in [0.4, 0.5) is 0 Å². The Morgan fingerprint density at radius 2 is 2.21 bits per heavy atom. The van der Waals surface area contributed by atoms with Crippen LogP contribution in [0.1, 0.15) is 36.8 Å². The molecule has 0 bridgehead atoms. The zero-order valence-corrected chi connectivity index (χ0v) is 11.9. The van der Waals surface area contributed by atoms with E-state index in [4.69, 9.17) is 11.6 Å². The standard InChI is InChI=1S/C15H20ClNO2/c1-11-6-2-3-7-12(11)15(17-14(19)10-16)9-5-4-8-13(15)18/h2-3,6-7,13,18H,4-5,8-10H2,1H3,(H,17,19). The summed E-state index contributed by atoms with van der Waals surface area (Å²) in [4.78, 5) is 11.8. The van der Waals surface area contributed by atoms with Crippen molar-refractivity contribution in [3.8, 4) is 0 Å². The number of rotatable bonds is 3. The molecule has 2 atom stereocenters. The van der Waals surface area contributed by atoms with Crippen molar-refractivity contribution < 1.29 is 9.90 Å². The van der Waals surface area contributed by atoms with Crippen LogP contribution in [-0.4, -0.2) is 23.0 Å². The van der Waals surface area contributed by atoms with Crippen molar-refractivity contribution in [2.75, 3.05) is 5.88 Å². The molecule has 0 radical (unpaired) electrons. The van der Waals surface area contributed by atoms with Crippen LogP contribution in [0.5, 0.6) is 0 Å². The average molecular weight is 282 g/mol. The SMILES string of the molecule is Cc1ccccc1C1(NC(=O)CCl)CCCCC1O. The number of hydrogen-bond acceptors (Lipinski definition) is 2. The first-order valence-corrected chi connectivity index (χ1v) is 7.25. The van der Waals surface area contributed by atoms with Crippen molar-refractivity contribution in [3.63, 3.8) is 0 Å². The second-order valence-electron chi connectivity index (χ2n) is 5.23. The number of amides is 1. The molecule has 1 amide bonds. The van der Waals surface area contributed by atoms with Crippen molar-refractivity contribution in [3.05, 3.63) is 35.4 Å². The summed E-state index contributed by atoms with van der Waals surface area (Å²) in [5, 5.41) is 13.5. The van der Waals surface area contributed by atoms with E-state index in [2.05, 4.69) is 5.32 Å². The van der Waals surface area contributed by atoms with Gasteiger partial charge in [-0.1, -0.05) is 37.1 Å². The van der Waals surface area contributed by atoms with Crippen LogP contribution < -0.4 is 5.32 Å². The molecule has 3 nitrogen and oxygen atoms in total. The van der Waals surface area contributed by atoms with Gasteiger partial charge in [0, 0.05) is 0 Å². The Labute approximate surface area is 119 Å². The molecule has 1 aliphatic rings. The maximum atomic E-state index is 11.8. The van der Waals surface area contributed by atoms with Crippen LogP contribution in [0.15, 0.2) is 24.3 Å². The van der Waals surface area contributed by atoms with E-state index in [1.807, 2.05) is 31.2 Å². The fourth-order valence-corrected chi connectivity index (χ4v) is 3.10. The summed E-state index contributed by atoms with van der Waals surface area (Å²) in [7, 11) is 0. The van der Waals surface area contributed by atoms with Crippen molar-refractivity contribution in [1.82, 2.24) is 5.32 Å². The molecular formula is C15H20ClNO2. The van der Waals surface area contributed by atoms with E-state index in [-0.39, 0.29) is 11.8 Å². The largest absolute Gasteiger partial charge is 0.390 e. The van der Waals surface area contributed by atoms with Crippen LogP contribution >= 0.6 is 11.6 Å². The Hall–Kier alpha value is -1.06. The summed E-state index contributed by atoms with van der Waals surface area (Å²) >= 11 is 5.61. The third-order valence-corrected chi connectivity index (χ3v) is 4.22. The number of aliphatic hydroxyl groups is 1. The lowest BCUT2D eigenvalue weighted by Crippen LogP contribution is -2.56. The Kier molecular flexibility index (Phi) is 4.48. The first kappa shape index (κ1) is 14.4. The number of aliphatic hydroxyl groups excluding tert-OH is 1. The number of carbonyl (C=O) groups is 1. The molecule has 4 heteroatoms. The summed E-state index contributed by atoms with van der Waals surface area (Å²) in [6.45, 7) is 2.01. The van der Waals surface area contributed by atoms with E-state index in [0.717, 1.165) is 30.4 Å². The van der Waals surface area contributed by atoms with Gasteiger partial charge in [0.2, 0.25) is 5.91 Å². The maximum absolute atomic E-state index is 11.8. The third-order valence-electron chi connectivity index (χ3n) is 3.98. The van der Waals surface area contributed by atoms with E-state index in [0.29, 0.717) is 6.42 Å². The van der Waals surface area contributed by atoms with Crippen LogP contribution in [0.2, 0.25) is 0 Å². The van der Waals surface area contributed by atoms with E-state index in [9.17, 15) is 9.90 Å². The highest BCUT2D eigenvalue weighted by molar-refractivity contribution is 6.27. The van der Waals surface area contributed by atoms with E-state index in [1.165, 1.54) is 0 Å². The lowest BCUT2D eigenvalue weighted by atomic mass is 9.73. The predicted octanol–water partition coefficient (Wildman–Crippen LogP) is 2.48. The quantitative estimate of drug-likeness (QED) is 0.837. The number of aryl methyl sites for hydroxylation is 1. The molecule has 2 rings (SSSR count). The zero-order valence-electron chi connectivity index (χ0n) is 11.2. The summed E-state index contributed by atoms with van der Waals surface area (Å²) in [6, 6.07) is 7.90. The lowest BCUT2D eigenvalue weighted by molar-refractivity contribution is -0.123. The van der Waals surface area contributed by atoms with Gasteiger partial charge in [0.05, 0.1) is 11.6 Å². The lowest BCUT2D eigenvalue weighted by Gasteiger charge is -2.43. The topological polar surface area (TPSA) is 49.3 Å². The summed E-state index contributed by atoms with van der Waals surface area (Å²) < 4.78 is 0. The number of nitrogens with one attached hydrogen (secondary N) is 1. The molecule has 0 spiro atoms. The van der Waals surface area contributed by atoms with Crippen molar-refractivity contribution in [2.24, 2.45) is 0 Å². The fourth-order valence-electron chi connectivity index (χ4n) is 3.04. The third kappa shape index (κ3) is 2.77. The molecule has 1 aromatic carbocycles. The minimum atomic E-state index is -0.685. The number of alkyl halides is 1. The number of halogens is 1. The van der Waals surface area contributed by atoms with Gasteiger partial charge in [-0.25, -0.2) is 0 Å². The first-order chi connectivity index (χ1) is 9.10. The van der Waals surface area contributed by atoms with Crippen molar-refractivity contribution >= 4 is 17.5 Å². The molecule has 2 unspecified atom stereocenters. The second-order valence-corrected chi connectivity index (χ2v) is 5.50. The van der Waals surface area contributed by atoms with Crippen LogP contribution in [0, 0.1) is 6.92 Å². The summed E-state index contributed by atoms with van der Waals surface area (Å²) in [5.41, 5.74) is 1.40. The Balaban J connectivity index is 2.44. The molecule has 2 N–H and O–H groups in total. The van der Waals surface area contributed by atoms with Crippen molar-refractivity contribution in [1.29, 1.82) is 0 Å². The van der Waals surface area contributed by atoms with Gasteiger partial charge >= 0.3 is 0 Å². The van der Waals surface area contributed by atoms with Crippen LogP contribution in [-0.2, 0) is 10.3 Å². The fraction of sp³-hybridized carbons (Fsp3) is 0.533. The number of carbonyl (C=O) groups excluding carboxylic acids is 1. The van der Waals surface area contributed by atoms with Gasteiger partial charge in [-0.2, -0.15) is 0 Å². The molecule has 104 valence electrons. The Bertz CT molecular complexity index is 463. The Morgan fingerprint density at radius 1 is 1.47 bits per heavy atom. The molecule has 0 aromatic heterocycles. The van der Waals surface area contributed by atoms with Crippen molar-refractivity contribution in [2.45, 2.75) is 44.2 Å². The van der Waals surface area contributed by atoms with E-state index >= 15 is 0 Å². The molecule has 0 saturated heterocycles. The molecule has 1 aromatic rings. The molecule has 0 heterocycles. The number of benzene rings is 1. The van der Waals surface area contributed by atoms with Gasteiger partial charge in [-0.05, 0) is 30.9 Å². The smallest absolute Gasteiger partial charge is 0.235 e. The van der Waals surface area contributed by atoms with Gasteiger partial charge < -0.3 is 10.4 Å². The maximum Gasteiger partial charge on any atom is 0.235 e. The monoisotopic (exact) mass is 281 g/mol. The van der Waals surface area contributed by atoms with E-state index in [1.54, 1.807) is 0 Å². The molecule has 19 heavy (non-hydrogen) atoms. The summed E-state index contributed by atoms with van der Waals surface area (Å²) in [6.07, 6.45) is 2.88. The zero-order chi connectivity index (χ0) is 13.9. The molecule has 0 aliphatic heterocycles. The molecule has 1 fully saturated rings. The van der Waals surface area contributed by atoms with Gasteiger partial charge in [-0.15, -0.1) is 11.6 Å². The van der Waals surface area contributed by atoms with Crippen LogP contribution in [0.25, 0.3) is 0 Å². The predicted molar refractivity (Wildman–Crippen MR) is 76.2 cm³/mol. The van der Waals surface area contributed by atoms with Crippen LogP contribution in [0.3, 0.4) is 0 Å². The van der Waals surface area contributed by atoms with E-state index < -0.39 is 11.6 Å². The minimum absolute atomic E-state index is 0.0830. The minimum Gasteiger partial charge on any atom is -0.390 e. The highest BCUT2D eigenvalue weighted by Gasteiger charge is 2.43. The normalized spacial score (nSPS) is 27.0. The first-order valence-electron chi connectivity index (χ1n) is 6.71. The highest BCUT2D eigenvalue weighted by Crippen LogP contribution is 2.38. The summed E-state index contributed by atoms with van der Waals surface area (Å²) in [5.74, 6) is -0.314. The number of hydrogen-bond donors (Lipinski definition) is 2. The second kappa shape index (κ2) is 5.93.